The van der Waals surface area contributed by atoms with Crippen molar-refractivity contribution in [3.63, 3.8) is 0 Å². The number of phenols is 1. The fourth-order valence-electron chi connectivity index (χ4n) is 19.7. The van der Waals surface area contributed by atoms with Crippen LogP contribution in [-0.4, -0.2) is 166 Å². The monoisotopic (exact) mass is 1980 g/mol. The molecular formula is C122H152N12O10S. The zero-order valence-electron chi connectivity index (χ0n) is 89.6. The van der Waals surface area contributed by atoms with Crippen molar-refractivity contribution in [2.24, 2.45) is 0 Å². The van der Waals surface area contributed by atoms with Crippen LogP contribution in [0.25, 0.3) is 0 Å². The summed E-state index contributed by atoms with van der Waals surface area (Å²) in [6.45, 7) is 50.1. The van der Waals surface area contributed by atoms with Gasteiger partial charge in [0.15, 0.2) is 28.7 Å². The molecule has 2 atom stereocenters. The number of carbonyl (C=O) groups excluding carboxylic acids is 4. The molecule has 11 aromatic carbocycles. The topological polar surface area (TPSA) is 174 Å². The van der Waals surface area contributed by atoms with Crippen molar-refractivity contribution in [3.8, 4) is 46.0 Å². The molecule has 4 heterocycles. The Kier molecular flexibility index (Phi) is 35.8. The standard InChI is InChI=1S/C64H80N6O6.C35H49N3O3.C23H23N3OS/c1-9-65(10-2)49-29-37-55-59(43-49)75-60-44-50(66(11-3)12-4)30-38-56(60)69(55)63(71)47-25-33-53(34-26-47)73-41-23-21-19-17-18-20-22-24-42-74-54-35-27-48(28-36-54)64(72)70-57-39-31-51(67(13-5)14-6)45-61(57)76-62-46-52(32-40-58(62)70)68(15-7)16-8;1-11-36(12-2)24-15-17-28-30(21-24)41-31-22-25(37(13-3)14-4)16-18-29(31)38(28)33(40)23-19-26(34(5,6)7)32(39)27(20-23)35(8,9)10;1-24(2)17-10-12-19-21(14-17)28-22-15-18(25(3)4)11-13-20(22)26(19)23(27)16-8-6-5-7-9-16/h25-40,43-46H,9-24,41-42H2,1-8H3;15-22,24,28,39H,11-14H2,1-10H3;5-15H,1-4H3. The van der Waals surface area contributed by atoms with Gasteiger partial charge in [0.05, 0.1) is 53.0 Å². The van der Waals surface area contributed by atoms with E-state index in [1.165, 1.54) is 25.7 Å². The molecule has 4 aliphatic heterocycles. The van der Waals surface area contributed by atoms with Crippen LogP contribution in [0.4, 0.5) is 79.6 Å². The number of fused-ring (bicyclic) bond motifs is 8. The lowest BCUT2D eigenvalue weighted by Crippen LogP contribution is -2.47. The number of rotatable bonds is 37. The fourth-order valence-corrected chi connectivity index (χ4v) is 20.8. The zero-order chi connectivity index (χ0) is 104. The Morgan fingerprint density at radius 2 is 0.641 bits per heavy atom. The van der Waals surface area contributed by atoms with E-state index in [-0.39, 0.29) is 52.3 Å². The lowest BCUT2D eigenvalue weighted by Gasteiger charge is -2.41. The summed E-state index contributed by atoms with van der Waals surface area (Å²) in [6, 6.07) is 71.1. The molecule has 0 spiro atoms. The van der Waals surface area contributed by atoms with Crippen molar-refractivity contribution in [2.75, 3.05) is 174 Å². The second kappa shape index (κ2) is 48.5. The molecule has 0 saturated carbocycles. The predicted octanol–water partition coefficient (Wildman–Crippen LogP) is 28.5. The first-order valence-corrected chi connectivity index (χ1v) is 53.4. The van der Waals surface area contributed by atoms with Crippen LogP contribution in [0.5, 0.6) is 46.0 Å². The molecule has 5 aliphatic rings. The van der Waals surface area contributed by atoms with Crippen LogP contribution in [0, 0.1) is 0 Å². The molecule has 145 heavy (non-hydrogen) atoms. The van der Waals surface area contributed by atoms with Gasteiger partial charge in [0.2, 0.25) is 0 Å². The van der Waals surface area contributed by atoms with E-state index in [4.69, 9.17) is 23.7 Å². The minimum Gasteiger partial charge on any atom is -0.507 e. The summed E-state index contributed by atoms with van der Waals surface area (Å²) in [4.78, 5) is 84.3. The van der Waals surface area contributed by atoms with E-state index in [1.54, 1.807) is 21.6 Å². The summed E-state index contributed by atoms with van der Waals surface area (Å²) in [5.74, 6) is 5.56. The van der Waals surface area contributed by atoms with E-state index in [0.717, 1.165) is 222 Å². The molecule has 0 bridgehead atoms. The molecule has 1 N–H and O–H groups in total. The second-order valence-corrected chi connectivity index (χ2v) is 40.8. The number of amides is 4. The van der Waals surface area contributed by atoms with Crippen LogP contribution >= 0.6 is 11.8 Å². The predicted molar refractivity (Wildman–Crippen MR) is 603 cm³/mol. The van der Waals surface area contributed by atoms with E-state index in [0.29, 0.717) is 64.2 Å². The molecule has 11 aromatic rings. The Labute approximate surface area is 866 Å². The number of nitrogens with zero attached hydrogens (tertiary/aromatic N) is 12. The average molecular weight is 1980 g/mol. The van der Waals surface area contributed by atoms with E-state index in [9.17, 15) is 24.3 Å². The van der Waals surface area contributed by atoms with Gasteiger partial charge in [0, 0.05) is 213 Å². The van der Waals surface area contributed by atoms with Crippen molar-refractivity contribution in [1.82, 2.24) is 4.90 Å². The van der Waals surface area contributed by atoms with Crippen LogP contribution in [0.2, 0.25) is 0 Å². The average Bonchev–Trinajstić information content (AvgIpc) is 0.765. The smallest absolute Gasteiger partial charge is 0.263 e. The highest BCUT2D eigenvalue weighted by atomic mass is 32.2. The maximum atomic E-state index is 14.7. The number of hydrogen-bond donors (Lipinski definition) is 1. The summed E-state index contributed by atoms with van der Waals surface area (Å²) in [6.07, 6.45) is 15.4. The van der Waals surface area contributed by atoms with Crippen molar-refractivity contribution in [3.05, 3.63) is 276 Å². The quantitative estimate of drug-likeness (QED) is 0.0287. The Morgan fingerprint density at radius 3 is 0.972 bits per heavy atom. The summed E-state index contributed by atoms with van der Waals surface area (Å²) < 4.78 is 32.0. The normalized spacial score (nSPS) is 13.9. The van der Waals surface area contributed by atoms with Gasteiger partial charge in [-0.3, -0.25) is 43.7 Å². The Hall–Kier alpha value is -13.5. The summed E-state index contributed by atoms with van der Waals surface area (Å²) in [5.41, 5.74) is 16.3. The highest BCUT2D eigenvalue weighted by Gasteiger charge is 2.42. The molecule has 0 aromatic heterocycles. The second-order valence-electron chi connectivity index (χ2n) is 39.7. The molecule has 16 rings (SSSR count). The lowest BCUT2D eigenvalue weighted by atomic mass is 9.78. The number of aromatic hydroxyl groups is 1. The molecule has 1 aliphatic carbocycles. The molecule has 23 heteroatoms. The number of ether oxygens (including phenoxy) is 5. The third-order valence-electron chi connectivity index (χ3n) is 28.1. The minimum absolute atomic E-state index is 0.0152. The maximum absolute atomic E-state index is 14.7. The van der Waals surface area contributed by atoms with Gasteiger partial charge in [0.1, 0.15) is 29.0 Å². The van der Waals surface area contributed by atoms with Gasteiger partial charge < -0.3 is 63.1 Å². The van der Waals surface area contributed by atoms with Gasteiger partial charge in [-0.25, -0.2) is 0 Å². The third kappa shape index (κ3) is 24.3. The molecule has 4 amide bonds. The van der Waals surface area contributed by atoms with Crippen LogP contribution in [0.3, 0.4) is 0 Å². The van der Waals surface area contributed by atoms with E-state index >= 15 is 0 Å². The molecule has 0 fully saturated rings. The number of anilines is 14. The first-order chi connectivity index (χ1) is 69.9. The maximum Gasteiger partial charge on any atom is 0.263 e. The summed E-state index contributed by atoms with van der Waals surface area (Å²) >= 11 is 1.71. The van der Waals surface area contributed by atoms with E-state index < -0.39 is 0 Å². The van der Waals surface area contributed by atoms with Crippen molar-refractivity contribution in [2.45, 2.75) is 209 Å². The first-order valence-electron chi connectivity index (χ1n) is 52.6. The Balaban J connectivity index is 0.000000199. The van der Waals surface area contributed by atoms with Crippen LogP contribution in [-0.2, 0) is 10.8 Å². The van der Waals surface area contributed by atoms with E-state index in [1.807, 2.05) is 196 Å². The number of unbranched alkanes of at least 4 members (excludes halogenated alkanes) is 7. The minimum atomic E-state index is -0.355. The summed E-state index contributed by atoms with van der Waals surface area (Å²) in [5, 5.41) is 11.3. The highest BCUT2D eigenvalue weighted by molar-refractivity contribution is 7.99. The fraction of sp³-hybridized carbons (Fsp3) is 0.393. The van der Waals surface area contributed by atoms with Gasteiger partial charge in [0.25, 0.3) is 23.6 Å². The third-order valence-corrected chi connectivity index (χ3v) is 29.2. The van der Waals surface area contributed by atoms with Gasteiger partial charge in [-0.15, -0.1) is 0 Å². The molecule has 2 unspecified atom stereocenters. The Bertz CT molecular complexity index is 5950. The van der Waals surface area contributed by atoms with Gasteiger partial charge >= 0.3 is 0 Å². The van der Waals surface area contributed by atoms with Crippen LogP contribution in [0.15, 0.2) is 252 Å². The largest absolute Gasteiger partial charge is 0.507 e. The van der Waals surface area contributed by atoms with E-state index in [2.05, 4.69) is 243 Å². The number of carbonyl (C=O) groups is 4. The molecular weight excluding hydrogens is 1830 g/mol. The Morgan fingerprint density at radius 1 is 0.331 bits per heavy atom. The highest BCUT2D eigenvalue weighted by Crippen LogP contribution is 2.55. The lowest BCUT2D eigenvalue weighted by molar-refractivity contribution is 0.0970. The number of phenolic OH excluding ortho intramolecular Hbond substituents is 1. The molecule has 0 radical (unpaired) electrons. The van der Waals surface area contributed by atoms with Crippen LogP contribution in [0.1, 0.15) is 229 Å². The van der Waals surface area contributed by atoms with Crippen molar-refractivity contribution < 1.29 is 48.0 Å². The van der Waals surface area contributed by atoms with Gasteiger partial charge in [-0.2, -0.15) is 0 Å². The molecule has 766 valence electrons. The zero-order valence-corrected chi connectivity index (χ0v) is 90.4. The number of benzene rings is 11. The van der Waals surface area contributed by atoms with Crippen molar-refractivity contribution in [1.29, 1.82) is 0 Å². The van der Waals surface area contributed by atoms with Crippen molar-refractivity contribution >= 4 is 115 Å². The summed E-state index contributed by atoms with van der Waals surface area (Å²) in [7, 11) is 8.11. The number of likely N-dealkylation sites (N-methyl/N-ethyl adjacent to an activating group) is 1. The van der Waals surface area contributed by atoms with Crippen LogP contribution < -0.4 is 77.6 Å². The number of hydrogen-bond acceptors (Lipinski definition) is 19. The van der Waals surface area contributed by atoms with Gasteiger partial charge in [-0.1, -0.05) is 136 Å². The SMILES string of the molecule is CCN(CC)c1ccc2c(c1)OC1=CC(N(CC)CC)C=CC1N2C(=O)c1cc(C(C)(C)C)c(O)c(C(C)(C)C)c1.CCN(CC)c1ccc2c(c1)Oc1cc(N(CC)CC)ccc1N2C(=O)c1ccc(OCCCCCCCCCCOc2ccc(C(=O)N3c4ccc(N(CC)CC)cc4Oc4cc(N(CC)CC)ccc43)cc2)cc1.CN(C)c1ccc2c(c1)Sc1cc(N(C)C)ccc1N2C(=O)c1ccccc1. The first kappa shape index (κ1) is 107. The molecule has 22 nitrogen and oxygen atoms in total. The molecule has 0 saturated heterocycles. The van der Waals surface area contributed by atoms with Gasteiger partial charge in [-0.05, 0) is 282 Å².